The predicted octanol–water partition coefficient (Wildman–Crippen LogP) is 1.91. The molecule has 3 heteroatoms. The standard InChI is InChI=1S/C12H13O3/c1-3-4-10-5-6-11(15-8-7-13)12(9-10)14-2/h3,5-6,9H,1,4,8H2,2H3. The Hall–Kier alpha value is -1.77. The summed E-state index contributed by atoms with van der Waals surface area (Å²) in [6, 6.07) is 5.54. The molecule has 0 amide bonds. The Morgan fingerprint density at radius 2 is 2.27 bits per heavy atom. The molecular formula is C12H13O3. The molecule has 0 aromatic heterocycles. The second kappa shape index (κ2) is 5.86. The van der Waals surface area contributed by atoms with Gasteiger partial charge in [0.15, 0.2) is 18.1 Å². The molecule has 0 N–H and O–H groups in total. The van der Waals surface area contributed by atoms with Crippen LogP contribution in [-0.2, 0) is 11.2 Å². The lowest BCUT2D eigenvalue weighted by atomic mass is 10.1. The van der Waals surface area contributed by atoms with Crippen LogP contribution in [0.25, 0.3) is 0 Å². The number of rotatable bonds is 6. The van der Waals surface area contributed by atoms with Gasteiger partial charge in [0.25, 0.3) is 0 Å². The Balaban J connectivity index is 2.87. The molecule has 1 aromatic rings. The van der Waals surface area contributed by atoms with E-state index < -0.39 is 0 Å². The molecule has 15 heavy (non-hydrogen) atoms. The minimum atomic E-state index is -0.0861. The third kappa shape index (κ3) is 3.13. The monoisotopic (exact) mass is 205 g/mol. The van der Waals surface area contributed by atoms with Crippen LogP contribution in [-0.4, -0.2) is 20.0 Å². The molecule has 0 saturated carbocycles. The van der Waals surface area contributed by atoms with Crippen molar-refractivity contribution in [2.45, 2.75) is 6.42 Å². The van der Waals surface area contributed by atoms with Crippen LogP contribution in [0.4, 0.5) is 0 Å². The Morgan fingerprint density at radius 3 is 2.87 bits per heavy atom. The largest absolute Gasteiger partial charge is 0.493 e. The van der Waals surface area contributed by atoms with Crippen LogP contribution >= 0.6 is 0 Å². The van der Waals surface area contributed by atoms with Crippen molar-refractivity contribution in [3.8, 4) is 11.5 Å². The van der Waals surface area contributed by atoms with E-state index in [1.807, 2.05) is 18.2 Å². The lowest BCUT2D eigenvalue weighted by Crippen LogP contribution is -2.00. The summed E-state index contributed by atoms with van der Waals surface area (Å²) in [6.45, 7) is 3.57. The van der Waals surface area contributed by atoms with Crippen LogP contribution in [0.5, 0.6) is 11.5 Å². The van der Waals surface area contributed by atoms with Crippen molar-refractivity contribution < 1.29 is 14.3 Å². The molecule has 0 heterocycles. The highest BCUT2D eigenvalue weighted by molar-refractivity contribution is 5.53. The van der Waals surface area contributed by atoms with E-state index in [1.165, 1.54) is 0 Å². The molecule has 0 saturated heterocycles. The molecule has 79 valence electrons. The van der Waals surface area contributed by atoms with Crippen LogP contribution in [0.2, 0.25) is 0 Å². The third-order valence-electron chi connectivity index (χ3n) is 1.89. The molecule has 1 radical (unpaired) electrons. The zero-order valence-electron chi connectivity index (χ0n) is 8.66. The molecular weight excluding hydrogens is 192 g/mol. The average molecular weight is 205 g/mol. The molecule has 0 bridgehead atoms. The van der Waals surface area contributed by atoms with Gasteiger partial charge in [0, 0.05) is 0 Å². The summed E-state index contributed by atoms with van der Waals surface area (Å²) in [5, 5.41) is 0. The smallest absolute Gasteiger partial charge is 0.239 e. The van der Waals surface area contributed by atoms with Gasteiger partial charge in [0.1, 0.15) is 0 Å². The van der Waals surface area contributed by atoms with E-state index in [0.29, 0.717) is 11.5 Å². The van der Waals surface area contributed by atoms with Gasteiger partial charge in [-0.1, -0.05) is 12.1 Å². The van der Waals surface area contributed by atoms with Crippen molar-refractivity contribution in [2.75, 3.05) is 13.7 Å². The Labute approximate surface area is 89.3 Å². The number of benzene rings is 1. The maximum atomic E-state index is 10.0. The zero-order valence-corrected chi connectivity index (χ0v) is 8.66. The topological polar surface area (TPSA) is 35.5 Å². The van der Waals surface area contributed by atoms with E-state index in [9.17, 15) is 4.79 Å². The van der Waals surface area contributed by atoms with Crippen molar-refractivity contribution in [1.82, 2.24) is 0 Å². The summed E-state index contributed by atoms with van der Waals surface area (Å²) in [5.41, 5.74) is 1.09. The highest BCUT2D eigenvalue weighted by atomic mass is 16.5. The van der Waals surface area contributed by atoms with Gasteiger partial charge >= 0.3 is 0 Å². The van der Waals surface area contributed by atoms with Crippen LogP contribution in [0, 0.1) is 0 Å². The molecule has 0 aliphatic rings. The molecule has 0 aliphatic carbocycles. The van der Waals surface area contributed by atoms with Crippen LogP contribution in [0.1, 0.15) is 5.56 Å². The minimum absolute atomic E-state index is 0.0861. The summed E-state index contributed by atoms with van der Waals surface area (Å²) in [6.07, 6.45) is 4.25. The highest BCUT2D eigenvalue weighted by Gasteiger charge is 2.04. The molecule has 0 aliphatic heterocycles. The maximum absolute atomic E-state index is 10.0. The van der Waals surface area contributed by atoms with Gasteiger partial charge in [-0.3, -0.25) is 4.79 Å². The van der Waals surface area contributed by atoms with Gasteiger partial charge in [-0.05, 0) is 24.1 Å². The minimum Gasteiger partial charge on any atom is -0.493 e. The molecule has 1 aromatic carbocycles. The summed E-state index contributed by atoms with van der Waals surface area (Å²) >= 11 is 0. The first kappa shape index (κ1) is 11.3. The highest BCUT2D eigenvalue weighted by Crippen LogP contribution is 2.28. The van der Waals surface area contributed by atoms with Crippen molar-refractivity contribution in [3.63, 3.8) is 0 Å². The lowest BCUT2D eigenvalue weighted by molar-refractivity contribution is 0.329. The van der Waals surface area contributed by atoms with Gasteiger partial charge in [-0.25, -0.2) is 0 Å². The molecule has 0 fully saturated rings. The summed E-state index contributed by atoms with van der Waals surface area (Å²) in [7, 11) is 1.56. The second-order valence-corrected chi connectivity index (χ2v) is 2.91. The van der Waals surface area contributed by atoms with E-state index in [1.54, 1.807) is 19.5 Å². The number of methoxy groups -OCH3 is 1. The van der Waals surface area contributed by atoms with Gasteiger partial charge < -0.3 is 9.47 Å². The second-order valence-electron chi connectivity index (χ2n) is 2.91. The van der Waals surface area contributed by atoms with Gasteiger partial charge in [0.2, 0.25) is 6.29 Å². The fourth-order valence-electron chi connectivity index (χ4n) is 1.23. The van der Waals surface area contributed by atoms with Crippen molar-refractivity contribution in [3.05, 3.63) is 36.4 Å². The molecule has 0 unspecified atom stereocenters. The molecule has 0 spiro atoms. The zero-order chi connectivity index (χ0) is 11.1. The fraction of sp³-hybridized carbons (Fsp3) is 0.250. The summed E-state index contributed by atoms with van der Waals surface area (Å²) < 4.78 is 10.3. The van der Waals surface area contributed by atoms with E-state index in [2.05, 4.69) is 6.58 Å². The first-order valence-electron chi connectivity index (χ1n) is 4.57. The SMILES string of the molecule is C=CCc1ccc(OC[C]=O)c(OC)c1. The van der Waals surface area contributed by atoms with Gasteiger partial charge in [-0.15, -0.1) is 6.58 Å². The lowest BCUT2D eigenvalue weighted by Gasteiger charge is -2.09. The molecule has 3 nitrogen and oxygen atoms in total. The normalized spacial score (nSPS) is 9.40. The Bertz CT molecular complexity index is 345. The average Bonchev–Trinajstić information content (AvgIpc) is 2.27. The first-order valence-corrected chi connectivity index (χ1v) is 4.57. The van der Waals surface area contributed by atoms with Gasteiger partial charge in [0.05, 0.1) is 7.11 Å². The van der Waals surface area contributed by atoms with E-state index in [-0.39, 0.29) is 6.61 Å². The number of carbonyl (C=O) groups excluding carboxylic acids is 1. The fourth-order valence-corrected chi connectivity index (χ4v) is 1.23. The van der Waals surface area contributed by atoms with Crippen LogP contribution < -0.4 is 9.47 Å². The van der Waals surface area contributed by atoms with Crippen LogP contribution in [0.15, 0.2) is 30.9 Å². The number of hydrogen-bond donors (Lipinski definition) is 0. The third-order valence-corrected chi connectivity index (χ3v) is 1.89. The number of ether oxygens (including phenoxy) is 2. The molecule has 0 atom stereocenters. The van der Waals surface area contributed by atoms with E-state index >= 15 is 0 Å². The van der Waals surface area contributed by atoms with Crippen LogP contribution in [0.3, 0.4) is 0 Å². The first-order chi connectivity index (χ1) is 7.31. The van der Waals surface area contributed by atoms with Crippen molar-refractivity contribution >= 4 is 6.29 Å². The van der Waals surface area contributed by atoms with Crippen molar-refractivity contribution in [2.24, 2.45) is 0 Å². The predicted molar refractivity (Wildman–Crippen MR) is 58.1 cm³/mol. The Kier molecular flexibility index (Phi) is 4.41. The number of hydrogen-bond acceptors (Lipinski definition) is 3. The maximum Gasteiger partial charge on any atom is 0.239 e. The van der Waals surface area contributed by atoms with E-state index in [4.69, 9.17) is 9.47 Å². The quantitative estimate of drug-likeness (QED) is 0.665. The number of allylic oxidation sites excluding steroid dienone is 1. The van der Waals surface area contributed by atoms with Gasteiger partial charge in [-0.2, -0.15) is 0 Å². The van der Waals surface area contributed by atoms with Crippen molar-refractivity contribution in [1.29, 1.82) is 0 Å². The summed E-state index contributed by atoms with van der Waals surface area (Å²) in [5.74, 6) is 1.17. The summed E-state index contributed by atoms with van der Waals surface area (Å²) in [4.78, 5) is 10.0. The molecule has 1 rings (SSSR count). The van der Waals surface area contributed by atoms with E-state index in [0.717, 1.165) is 12.0 Å². The Morgan fingerprint density at radius 1 is 1.47 bits per heavy atom.